The number of anilines is 1. The van der Waals surface area contributed by atoms with Crippen LogP contribution in [0.1, 0.15) is 16.7 Å². The van der Waals surface area contributed by atoms with Gasteiger partial charge in [-0.15, -0.1) is 0 Å². The molecule has 0 aliphatic heterocycles. The third-order valence-corrected chi connectivity index (χ3v) is 4.03. The molecule has 2 aromatic carbocycles. The highest BCUT2D eigenvalue weighted by atomic mass is 35.5. The zero-order valence-electron chi connectivity index (χ0n) is 12.7. The minimum Gasteiger partial charge on any atom is -0.321 e. The number of hydrogen-bond donors (Lipinski definition) is 1. The quantitative estimate of drug-likeness (QED) is 0.617. The number of rotatable bonds is 3. The van der Waals surface area contributed by atoms with Gasteiger partial charge in [0.1, 0.15) is 11.6 Å². The normalized spacial score (nSPS) is 11.0. The van der Waals surface area contributed by atoms with Gasteiger partial charge in [0.2, 0.25) is 0 Å². The molecule has 23 heavy (non-hydrogen) atoms. The van der Waals surface area contributed by atoms with E-state index >= 15 is 0 Å². The number of carbonyl (C=O) groups excluding carboxylic acids is 1. The van der Waals surface area contributed by atoms with E-state index in [0.29, 0.717) is 21.3 Å². The number of carbonyl (C=O) groups is 1. The number of nitrogens with zero attached hydrogens (tertiary/aromatic N) is 1. The van der Waals surface area contributed by atoms with Crippen molar-refractivity contribution in [1.82, 2.24) is 0 Å². The van der Waals surface area contributed by atoms with Crippen LogP contribution in [0.5, 0.6) is 0 Å². The summed E-state index contributed by atoms with van der Waals surface area (Å²) in [5.74, 6) is -0.499. The van der Waals surface area contributed by atoms with E-state index in [-0.39, 0.29) is 5.57 Å². The van der Waals surface area contributed by atoms with Crippen LogP contribution in [0.15, 0.2) is 42.0 Å². The number of nitrogens with one attached hydrogen (secondary N) is 1. The van der Waals surface area contributed by atoms with E-state index in [1.165, 1.54) is 6.08 Å². The zero-order valence-corrected chi connectivity index (χ0v) is 14.2. The Balaban J connectivity index is 2.37. The molecule has 1 amide bonds. The van der Waals surface area contributed by atoms with E-state index in [0.717, 1.165) is 11.1 Å². The van der Waals surface area contributed by atoms with Crippen LogP contribution in [0.25, 0.3) is 6.08 Å². The molecule has 2 aromatic rings. The van der Waals surface area contributed by atoms with Crippen LogP contribution in [0.4, 0.5) is 5.69 Å². The van der Waals surface area contributed by atoms with Crippen LogP contribution in [0, 0.1) is 25.2 Å². The third kappa shape index (κ3) is 3.92. The lowest BCUT2D eigenvalue weighted by Crippen LogP contribution is -2.15. The lowest BCUT2D eigenvalue weighted by Gasteiger charge is -2.11. The van der Waals surface area contributed by atoms with Gasteiger partial charge in [0.25, 0.3) is 5.91 Å². The van der Waals surface area contributed by atoms with E-state index in [1.807, 2.05) is 38.1 Å². The van der Waals surface area contributed by atoms with E-state index in [1.54, 1.807) is 18.2 Å². The second kappa shape index (κ2) is 7.32. The summed E-state index contributed by atoms with van der Waals surface area (Å²) in [6.45, 7) is 3.78. The summed E-state index contributed by atoms with van der Waals surface area (Å²) < 4.78 is 0. The molecule has 116 valence electrons. The van der Waals surface area contributed by atoms with Crippen LogP contribution in [0.2, 0.25) is 10.0 Å². The fourth-order valence-electron chi connectivity index (χ4n) is 2.13. The Kier molecular flexibility index (Phi) is 5.44. The fraction of sp³-hybridized carbons (Fsp3) is 0.111. The van der Waals surface area contributed by atoms with Gasteiger partial charge in [0.15, 0.2) is 0 Å². The van der Waals surface area contributed by atoms with Crippen molar-refractivity contribution in [3.8, 4) is 6.07 Å². The van der Waals surface area contributed by atoms with Crippen LogP contribution in [-0.4, -0.2) is 5.91 Å². The van der Waals surface area contributed by atoms with E-state index in [9.17, 15) is 10.1 Å². The molecule has 0 fully saturated rings. The topological polar surface area (TPSA) is 52.9 Å². The third-order valence-electron chi connectivity index (χ3n) is 3.37. The number of para-hydroxylation sites is 1. The van der Waals surface area contributed by atoms with Gasteiger partial charge in [-0.25, -0.2) is 0 Å². The lowest BCUT2D eigenvalue weighted by atomic mass is 10.1. The SMILES string of the molecule is Cc1cccc(C)c1NC(=O)/C(C#N)=C\c1c(Cl)cccc1Cl. The molecule has 0 radical (unpaired) electrons. The predicted octanol–water partition coefficient (Wildman–Crippen LogP) is 5.16. The van der Waals surface area contributed by atoms with Crippen molar-refractivity contribution in [1.29, 1.82) is 5.26 Å². The molecule has 0 aromatic heterocycles. The number of nitriles is 1. The molecule has 2 rings (SSSR count). The van der Waals surface area contributed by atoms with Crippen molar-refractivity contribution in [3.63, 3.8) is 0 Å². The van der Waals surface area contributed by atoms with Gasteiger partial charge >= 0.3 is 0 Å². The van der Waals surface area contributed by atoms with Crippen LogP contribution in [0.3, 0.4) is 0 Å². The molecule has 0 aliphatic rings. The number of benzene rings is 2. The lowest BCUT2D eigenvalue weighted by molar-refractivity contribution is -0.112. The Labute approximate surface area is 145 Å². The van der Waals surface area contributed by atoms with Gasteiger partial charge in [-0.05, 0) is 43.2 Å². The molecule has 3 nitrogen and oxygen atoms in total. The van der Waals surface area contributed by atoms with Crippen molar-refractivity contribution in [3.05, 3.63) is 68.7 Å². The summed E-state index contributed by atoms with van der Waals surface area (Å²) in [4.78, 5) is 12.4. The average molecular weight is 345 g/mol. The standard InChI is InChI=1S/C18H14Cl2N2O/c1-11-5-3-6-12(2)17(11)22-18(23)13(10-21)9-14-15(19)7-4-8-16(14)20/h3-9H,1-2H3,(H,22,23)/b13-9-. The van der Waals surface area contributed by atoms with Gasteiger partial charge < -0.3 is 5.32 Å². The highest BCUT2D eigenvalue weighted by Gasteiger charge is 2.14. The van der Waals surface area contributed by atoms with Gasteiger partial charge in [0, 0.05) is 21.3 Å². The molecule has 0 unspecified atom stereocenters. The highest BCUT2D eigenvalue weighted by molar-refractivity contribution is 6.37. The van der Waals surface area contributed by atoms with Gasteiger partial charge in [-0.3, -0.25) is 4.79 Å². The van der Waals surface area contributed by atoms with Crippen LogP contribution >= 0.6 is 23.2 Å². The van der Waals surface area contributed by atoms with Crippen molar-refractivity contribution in [2.24, 2.45) is 0 Å². The van der Waals surface area contributed by atoms with Gasteiger partial charge in [-0.1, -0.05) is 47.5 Å². The highest BCUT2D eigenvalue weighted by Crippen LogP contribution is 2.27. The Bertz CT molecular complexity index is 795. The molecule has 0 spiro atoms. The Morgan fingerprint density at radius 1 is 1.09 bits per heavy atom. The van der Waals surface area contributed by atoms with Crippen molar-refractivity contribution in [2.45, 2.75) is 13.8 Å². The maximum atomic E-state index is 12.4. The second-order valence-corrected chi connectivity index (χ2v) is 5.84. The number of hydrogen-bond acceptors (Lipinski definition) is 2. The molecule has 1 N–H and O–H groups in total. The zero-order chi connectivity index (χ0) is 17.0. The van der Waals surface area contributed by atoms with Crippen LogP contribution < -0.4 is 5.32 Å². The number of aryl methyl sites for hydroxylation is 2. The summed E-state index contributed by atoms with van der Waals surface area (Å²) in [7, 11) is 0. The molecular formula is C18H14Cl2N2O. The van der Waals surface area contributed by atoms with Crippen molar-refractivity contribution >= 4 is 40.9 Å². The van der Waals surface area contributed by atoms with Crippen molar-refractivity contribution < 1.29 is 4.79 Å². The number of halogens is 2. The first kappa shape index (κ1) is 17.1. The minimum atomic E-state index is -0.499. The molecule has 0 atom stereocenters. The van der Waals surface area contributed by atoms with Gasteiger partial charge in [-0.2, -0.15) is 5.26 Å². The van der Waals surface area contributed by atoms with Crippen LogP contribution in [-0.2, 0) is 4.79 Å². The average Bonchev–Trinajstić information content (AvgIpc) is 2.51. The molecular weight excluding hydrogens is 331 g/mol. The molecule has 0 saturated heterocycles. The summed E-state index contributed by atoms with van der Waals surface area (Å²) in [5.41, 5.74) is 2.92. The first-order valence-electron chi connectivity index (χ1n) is 6.87. The summed E-state index contributed by atoms with van der Waals surface area (Å²) >= 11 is 12.2. The molecule has 5 heteroatoms. The van der Waals surface area contributed by atoms with E-state index in [2.05, 4.69) is 5.32 Å². The Hall–Kier alpha value is -2.28. The largest absolute Gasteiger partial charge is 0.321 e. The molecule has 0 aliphatic carbocycles. The van der Waals surface area contributed by atoms with E-state index in [4.69, 9.17) is 23.2 Å². The van der Waals surface area contributed by atoms with Gasteiger partial charge in [0.05, 0.1) is 0 Å². The second-order valence-electron chi connectivity index (χ2n) is 5.03. The summed E-state index contributed by atoms with van der Waals surface area (Å²) in [6.07, 6.45) is 1.40. The summed E-state index contributed by atoms with van der Waals surface area (Å²) in [6, 6.07) is 12.6. The first-order valence-corrected chi connectivity index (χ1v) is 7.63. The smallest absolute Gasteiger partial charge is 0.266 e. The fourth-order valence-corrected chi connectivity index (χ4v) is 2.64. The summed E-state index contributed by atoms with van der Waals surface area (Å²) in [5, 5.41) is 12.8. The molecule has 0 heterocycles. The monoisotopic (exact) mass is 344 g/mol. The molecule has 0 bridgehead atoms. The maximum Gasteiger partial charge on any atom is 0.266 e. The number of amides is 1. The minimum absolute atomic E-state index is 0.0670. The maximum absolute atomic E-state index is 12.4. The Morgan fingerprint density at radius 3 is 2.13 bits per heavy atom. The Morgan fingerprint density at radius 2 is 1.61 bits per heavy atom. The first-order chi connectivity index (χ1) is 10.9. The predicted molar refractivity (Wildman–Crippen MR) is 94.6 cm³/mol. The van der Waals surface area contributed by atoms with E-state index < -0.39 is 5.91 Å². The van der Waals surface area contributed by atoms with Crippen molar-refractivity contribution in [2.75, 3.05) is 5.32 Å². The molecule has 0 saturated carbocycles.